The van der Waals surface area contributed by atoms with Gasteiger partial charge in [0.15, 0.2) is 0 Å². The highest BCUT2D eigenvalue weighted by molar-refractivity contribution is 5.97. The van der Waals surface area contributed by atoms with E-state index in [0.29, 0.717) is 18.7 Å². The summed E-state index contributed by atoms with van der Waals surface area (Å²) in [5.41, 5.74) is 6.63. The fourth-order valence-electron chi connectivity index (χ4n) is 4.21. The summed E-state index contributed by atoms with van der Waals surface area (Å²) < 4.78 is 5.54. The van der Waals surface area contributed by atoms with Gasteiger partial charge in [0.2, 0.25) is 0 Å². The van der Waals surface area contributed by atoms with Crippen LogP contribution < -0.4 is 16.3 Å². The zero-order chi connectivity index (χ0) is 22.2. The van der Waals surface area contributed by atoms with E-state index in [9.17, 15) is 9.59 Å². The Hall–Kier alpha value is -2.38. The van der Waals surface area contributed by atoms with Crippen molar-refractivity contribution in [2.24, 2.45) is 5.73 Å². The Morgan fingerprint density at radius 3 is 2.42 bits per heavy atom. The molecule has 2 N–H and O–H groups in total. The van der Waals surface area contributed by atoms with Gasteiger partial charge in [0.25, 0.3) is 5.91 Å². The SMILES string of the molecule is CCN(CC)c1ccc2cc(C(=O)N3CCN(CCCCCCN)CC3)c(=O)oc2c1. The minimum Gasteiger partial charge on any atom is -0.422 e. The van der Waals surface area contributed by atoms with E-state index in [1.807, 2.05) is 18.2 Å². The summed E-state index contributed by atoms with van der Waals surface area (Å²) in [6.45, 7) is 10.7. The van der Waals surface area contributed by atoms with Crippen molar-refractivity contribution in [3.05, 3.63) is 40.2 Å². The number of carbonyl (C=O) groups is 1. The summed E-state index contributed by atoms with van der Waals surface area (Å²) >= 11 is 0. The Morgan fingerprint density at radius 2 is 1.74 bits per heavy atom. The van der Waals surface area contributed by atoms with Crippen molar-refractivity contribution in [1.29, 1.82) is 0 Å². The zero-order valence-corrected chi connectivity index (χ0v) is 18.9. The number of fused-ring (bicyclic) bond motifs is 1. The molecule has 0 atom stereocenters. The molecule has 2 heterocycles. The maximum absolute atomic E-state index is 13.0. The Kier molecular flexibility index (Phi) is 8.49. The van der Waals surface area contributed by atoms with Gasteiger partial charge in [-0.3, -0.25) is 9.69 Å². The number of anilines is 1. The Bertz CT molecular complexity index is 915. The van der Waals surface area contributed by atoms with Crippen molar-refractivity contribution >= 4 is 22.6 Å². The topological polar surface area (TPSA) is 83.0 Å². The largest absolute Gasteiger partial charge is 0.422 e. The van der Waals surface area contributed by atoms with Crippen LogP contribution in [0.2, 0.25) is 0 Å². The van der Waals surface area contributed by atoms with Gasteiger partial charge >= 0.3 is 5.63 Å². The average molecular weight is 429 g/mol. The lowest BCUT2D eigenvalue weighted by molar-refractivity contribution is 0.0631. The van der Waals surface area contributed by atoms with Crippen molar-refractivity contribution in [3.63, 3.8) is 0 Å². The summed E-state index contributed by atoms with van der Waals surface area (Å²) in [5.74, 6) is -0.230. The molecule has 0 aliphatic carbocycles. The van der Waals surface area contributed by atoms with Crippen LogP contribution in [0.15, 0.2) is 33.5 Å². The van der Waals surface area contributed by atoms with Crippen LogP contribution >= 0.6 is 0 Å². The fraction of sp³-hybridized carbons (Fsp3) is 0.583. The number of benzene rings is 1. The molecule has 0 bridgehead atoms. The molecule has 3 rings (SSSR count). The predicted molar refractivity (Wildman–Crippen MR) is 126 cm³/mol. The van der Waals surface area contributed by atoms with Crippen LogP contribution in [0.1, 0.15) is 49.9 Å². The third-order valence-electron chi connectivity index (χ3n) is 6.17. The molecule has 0 saturated carbocycles. The van der Waals surface area contributed by atoms with Crippen molar-refractivity contribution < 1.29 is 9.21 Å². The van der Waals surface area contributed by atoms with E-state index in [2.05, 4.69) is 23.6 Å². The molecule has 0 radical (unpaired) electrons. The molecule has 0 unspecified atom stereocenters. The number of unbranched alkanes of at least 4 members (excludes halogenated alkanes) is 3. The second-order valence-electron chi connectivity index (χ2n) is 8.18. The van der Waals surface area contributed by atoms with Crippen LogP contribution in [0.5, 0.6) is 0 Å². The zero-order valence-electron chi connectivity index (χ0n) is 18.9. The first kappa shape index (κ1) is 23.3. The number of amides is 1. The van der Waals surface area contributed by atoms with Crippen molar-refractivity contribution in [3.8, 4) is 0 Å². The standard InChI is InChI=1S/C24H36N4O3/c1-3-27(4-2)20-10-9-19-17-21(24(30)31-22(19)18-20)23(29)28-15-13-26(14-16-28)12-8-6-5-7-11-25/h9-10,17-18H,3-8,11-16,25H2,1-2H3. The minimum atomic E-state index is -0.559. The number of rotatable bonds is 10. The average Bonchev–Trinajstić information content (AvgIpc) is 2.79. The summed E-state index contributed by atoms with van der Waals surface area (Å²) in [4.78, 5) is 31.9. The first-order valence-electron chi connectivity index (χ1n) is 11.6. The highest BCUT2D eigenvalue weighted by Gasteiger charge is 2.24. The lowest BCUT2D eigenvalue weighted by Gasteiger charge is -2.34. The molecule has 1 aliphatic heterocycles. The molecule has 170 valence electrons. The van der Waals surface area contributed by atoms with Crippen molar-refractivity contribution in [1.82, 2.24) is 9.80 Å². The van der Waals surface area contributed by atoms with E-state index in [1.54, 1.807) is 11.0 Å². The van der Waals surface area contributed by atoms with Crippen molar-refractivity contribution in [2.45, 2.75) is 39.5 Å². The molecule has 0 spiro atoms. The van der Waals surface area contributed by atoms with E-state index < -0.39 is 5.63 Å². The molecule has 1 fully saturated rings. The summed E-state index contributed by atoms with van der Waals surface area (Å²) in [6, 6.07) is 7.49. The van der Waals surface area contributed by atoms with Crippen LogP contribution in [-0.4, -0.2) is 68.1 Å². The van der Waals surface area contributed by atoms with Crippen LogP contribution in [-0.2, 0) is 0 Å². The molecule has 2 aromatic rings. The maximum Gasteiger partial charge on any atom is 0.349 e. The molecule has 1 aliphatic rings. The van der Waals surface area contributed by atoms with Gasteiger partial charge in [0, 0.05) is 56.4 Å². The van der Waals surface area contributed by atoms with E-state index in [4.69, 9.17) is 10.2 Å². The number of nitrogens with two attached hydrogens (primary N) is 1. The van der Waals surface area contributed by atoms with Crippen LogP contribution in [0.3, 0.4) is 0 Å². The molecule has 1 aromatic carbocycles. The first-order valence-corrected chi connectivity index (χ1v) is 11.6. The summed E-state index contributed by atoms with van der Waals surface area (Å²) in [7, 11) is 0. The first-order chi connectivity index (χ1) is 15.1. The van der Waals surface area contributed by atoms with E-state index >= 15 is 0 Å². The van der Waals surface area contributed by atoms with Gasteiger partial charge in [-0.05, 0) is 58.0 Å². The molecule has 1 saturated heterocycles. The second kappa shape index (κ2) is 11.3. The number of nitrogens with zero attached hydrogens (tertiary/aromatic N) is 3. The minimum absolute atomic E-state index is 0.123. The van der Waals surface area contributed by atoms with Crippen LogP contribution in [0.25, 0.3) is 11.0 Å². The Morgan fingerprint density at radius 1 is 1.03 bits per heavy atom. The van der Waals surface area contributed by atoms with Crippen LogP contribution in [0.4, 0.5) is 5.69 Å². The predicted octanol–water partition coefficient (Wildman–Crippen LogP) is 2.92. The van der Waals surface area contributed by atoms with E-state index in [1.165, 1.54) is 12.8 Å². The third kappa shape index (κ3) is 5.86. The molecule has 1 amide bonds. The maximum atomic E-state index is 13.0. The molecule has 31 heavy (non-hydrogen) atoms. The fourth-order valence-corrected chi connectivity index (χ4v) is 4.21. The molecule has 7 nitrogen and oxygen atoms in total. The second-order valence-corrected chi connectivity index (χ2v) is 8.18. The lowest BCUT2D eigenvalue weighted by Crippen LogP contribution is -2.49. The molecule has 1 aromatic heterocycles. The number of hydrogen-bond acceptors (Lipinski definition) is 6. The lowest BCUT2D eigenvalue weighted by atomic mass is 10.1. The van der Waals surface area contributed by atoms with Gasteiger partial charge < -0.3 is 20.0 Å². The van der Waals surface area contributed by atoms with Gasteiger partial charge in [-0.25, -0.2) is 4.79 Å². The Balaban J connectivity index is 1.63. The number of hydrogen-bond donors (Lipinski definition) is 1. The number of carbonyl (C=O) groups excluding carboxylic acids is 1. The quantitative estimate of drug-likeness (QED) is 0.463. The molecule has 7 heteroatoms. The van der Waals surface area contributed by atoms with E-state index in [-0.39, 0.29) is 11.5 Å². The highest BCUT2D eigenvalue weighted by Crippen LogP contribution is 2.22. The Labute approximate surface area is 184 Å². The number of piperazine rings is 1. The highest BCUT2D eigenvalue weighted by atomic mass is 16.4. The van der Waals surface area contributed by atoms with Gasteiger partial charge in [-0.1, -0.05) is 12.8 Å². The molecular weight excluding hydrogens is 392 g/mol. The summed E-state index contributed by atoms with van der Waals surface area (Å²) in [6.07, 6.45) is 4.64. The van der Waals surface area contributed by atoms with E-state index in [0.717, 1.165) is 63.2 Å². The van der Waals surface area contributed by atoms with Gasteiger partial charge in [-0.15, -0.1) is 0 Å². The normalized spacial score (nSPS) is 14.9. The molecular formula is C24H36N4O3. The monoisotopic (exact) mass is 428 g/mol. The van der Waals surface area contributed by atoms with Gasteiger partial charge in [-0.2, -0.15) is 0 Å². The third-order valence-corrected chi connectivity index (χ3v) is 6.17. The van der Waals surface area contributed by atoms with Crippen molar-refractivity contribution in [2.75, 3.05) is 57.3 Å². The van der Waals surface area contributed by atoms with Gasteiger partial charge in [0.1, 0.15) is 11.1 Å². The van der Waals surface area contributed by atoms with Crippen LogP contribution in [0, 0.1) is 0 Å². The smallest absolute Gasteiger partial charge is 0.349 e. The van der Waals surface area contributed by atoms with Gasteiger partial charge in [0.05, 0.1) is 0 Å². The summed E-state index contributed by atoms with van der Waals surface area (Å²) in [5, 5.41) is 0.773.